The van der Waals surface area contributed by atoms with Crippen molar-refractivity contribution in [2.75, 3.05) is 13.1 Å². The molecule has 0 aliphatic carbocycles. The quantitative estimate of drug-likeness (QED) is 0.701. The number of hydrogen-bond donors (Lipinski definition) is 1. The Morgan fingerprint density at radius 3 is 2.30 bits per heavy atom. The molecule has 27 heavy (non-hydrogen) atoms. The lowest BCUT2D eigenvalue weighted by Crippen LogP contribution is -2.30. The summed E-state index contributed by atoms with van der Waals surface area (Å²) in [5.41, 5.74) is 1.78. The van der Waals surface area contributed by atoms with E-state index in [9.17, 15) is 18.3 Å². The molecule has 0 saturated carbocycles. The van der Waals surface area contributed by atoms with Gasteiger partial charge in [-0.05, 0) is 24.3 Å². The van der Waals surface area contributed by atoms with Gasteiger partial charge in [0.15, 0.2) is 0 Å². The number of fused-ring (bicyclic) bond motifs is 1. The predicted molar refractivity (Wildman–Crippen MR) is 104 cm³/mol. The van der Waals surface area contributed by atoms with E-state index in [4.69, 9.17) is 0 Å². The molecular formula is C20H20N2O4S. The van der Waals surface area contributed by atoms with Gasteiger partial charge in [0.05, 0.1) is 21.7 Å². The Balaban J connectivity index is 2.23. The van der Waals surface area contributed by atoms with Crippen molar-refractivity contribution in [1.82, 2.24) is 9.29 Å². The Morgan fingerprint density at radius 1 is 1.04 bits per heavy atom. The first-order valence-electron chi connectivity index (χ1n) is 8.62. The van der Waals surface area contributed by atoms with Crippen LogP contribution in [0, 0.1) is 0 Å². The minimum absolute atomic E-state index is 0.0236. The van der Waals surface area contributed by atoms with Crippen LogP contribution in [0.2, 0.25) is 0 Å². The summed E-state index contributed by atoms with van der Waals surface area (Å²) in [6.07, 6.45) is 0. The fraction of sp³-hybridized carbons (Fsp3) is 0.200. The first kappa shape index (κ1) is 19.0. The number of carbonyl (C=O) groups is 1. The molecule has 0 spiro atoms. The third-order valence-electron chi connectivity index (χ3n) is 4.42. The maximum absolute atomic E-state index is 12.8. The molecule has 0 aliphatic rings. The Hall–Kier alpha value is -2.77. The molecule has 1 N–H and O–H groups in total. The first-order chi connectivity index (χ1) is 12.9. The Morgan fingerprint density at radius 2 is 1.70 bits per heavy atom. The molecule has 0 aliphatic heterocycles. The van der Waals surface area contributed by atoms with Crippen LogP contribution in [0.3, 0.4) is 0 Å². The zero-order valence-electron chi connectivity index (χ0n) is 15.1. The van der Waals surface area contributed by atoms with Crippen LogP contribution in [-0.2, 0) is 10.0 Å². The van der Waals surface area contributed by atoms with Crippen LogP contribution in [0.5, 0.6) is 0 Å². The summed E-state index contributed by atoms with van der Waals surface area (Å²) in [6, 6.07) is 15.2. The lowest BCUT2D eigenvalue weighted by atomic mass is 10.0. The van der Waals surface area contributed by atoms with E-state index in [0.29, 0.717) is 29.7 Å². The van der Waals surface area contributed by atoms with Crippen molar-refractivity contribution in [3.63, 3.8) is 0 Å². The van der Waals surface area contributed by atoms with Gasteiger partial charge < -0.3 is 5.11 Å². The number of sulfonamides is 1. The highest BCUT2D eigenvalue weighted by molar-refractivity contribution is 7.89. The number of pyridine rings is 1. The molecule has 2 aromatic carbocycles. The van der Waals surface area contributed by atoms with E-state index >= 15 is 0 Å². The minimum atomic E-state index is -3.68. The third kappa shape index (κ3) is 3.56. The number of aromatic nitrogens is 1. The zero-order valence-corrected chi connectivity index (χ0v) is 15.9. The number of aromatic carboxylic acids is 1. The van der Waals surface area contributed by atoms with E-state index in [0.717, 1.165) is 5.56 Å². The number of carboxylic acids is 1. The van der Waals surface area contributed by atoms with Gasteiger partial charge in [-0.1, -0.05) is 44.2 Å². The molecule has 0 amide bonds. The smallest absolute Gasteiger partial charge is 0.336 e. The second kappa shape index (κ2) is 7.46. The molecule has 3 rings (SSSR count). The molecule has 0 fully saturated rings. The van der Waals surface area contributed by atoms with Gasteiger partial charge in [0.2, 0.25) is 10.0 Å². The van der Waals surface area contributed by atoms with Crippen molar-refractivity contribution in [2.45, 2.75) is 18.7 Å². The van der Waals surface area contributed by atoms with Crippen LogP contribution >= 0.6 is 0 Å². The summed E-state index contributed by atoms with van der Waals surface area (Å²) in [7, 11) is -3.68. The highest BCUT2D eigenvalue weighted by Crippen LogP contribution is 2.28. The molecule has 0 radical (unpaired) electrons. The van der Waals surface area contributed by atoms with Gasteiger partial charge in [0.25, 0.3) is 0 Å². The summed E-state index contributed by atoms with van der Waals surface area (Å²) in [5.74, 6) is -1.13. The zero-order chi connectivity index (χ0) is 19.6. The molecule has 3 aromatic rings. The summed E-state index contributed by atoms with van der Waals surface area (Å²) >= 11 is 0. The van der Waals surface area contributed by atoms with Gasteiger partial charge in [-0.25, -0.2) is 18.2 Å². The number of carboxylic acid groups (broad SMARTS) is 1. The third-order valence-corrected chi connectivity index (χ3v) is 6.47. The summed E-state index contributed by atoms with van der Waals surface area (Å²) in [6.45, 7) is 4.21. The molecule has 1 aromatic heterocycles. The predicted octanol–water partition coefficient (Wildman–Crippen LogP) is 3.63. The lowest BCUT2D eigenvalue weighted by Gasteiger charge is -2.19. The summed E-state index contributed by atoms with van der Waals surface area (Å²) in [5, 5.41) is 9.96. The number of hydrogen-bond acceptors (Lipinski definition) is 4. The fourth-order valence-corrected chi connectivity index (χ4v) is 4.50. The van der Waals surface area contributed by atoms with Crippen LogP contribution in [0.1, 0.15) is 24.2 Å². The molecule has 0 bridgehead atoms. The Kier molecular flexibility index (Phi) is 5.25. The minimum Gasteiger partial charge on any atom is -0.478 e. The standard InChI is InChI=1S/C20H20N2O4S/c1-3-22(4-2)27(25,26)15-10-11-18-16(12-15)17(20(23)24)13-19(21-18)14-8-6-5-7-9-14/h5-13H,3-4H2,1-2H3,(H,23,24). The molecule has 7 heteroatoms. The highest BCUT2D eigenvalue weighted by atomic mass is 32.2. The molecular weight excluding hydrogens is 364 g/mol. The summed E-state index contributed by atoms with van der Waals surface area (Å²) < 4.78 is 26.9. The van der Waals surface area contributed by atoms with Gasteiger partial charge in [-0.3, -0.25) is 0 Å². The molecule has 0 saturated heterocycles. The normalized spacial score (nSPS) is 11.8. The average molecular weight is 384 g/mol. The largest absolute Gasteiger partial charge is 0.478 e. The van der Waals surface area contributed by atoms with Crippen LogP contribution in [0.15, 0.2) is 59.5 Å². The van der Waals surface area contributed by atoms with E-state index in [1.165, 1.54) is 22.5 Å². The first-order valence-corrected chi connectivity index (χ1v) is 10.1. The van der Waals surface area contributed by atoms with E-state index in [2.05, 4.69) is 4.98 Å². The topological polar surface area (TPSA) is 87.6 Å². The molecule has 0 atom stereocenters. The van der Waals surface area contributed by atoms with Gasteiger partial charge >= 0.3 is 5.97 Å². The van der Waals surface area contributed by atoms with Gasteiger partial charge in [0.1, 0.15) is 0 Å². The average Bonchev–Trinajstić information content (AvgIpc) is 2.68. The van der Waals surface area contributed by atoms with E-state index in [-0.39, 0.29) is 10.5 Å². The fourth-order valence-electron chi connectivity index (χ4n) is 3.01. The van der Waals surface area contributed by atoms with Crippen molar-refractivity contribution >= 4 is 26.9 Å². The number of rotatable bonds is 6. The van der Waals surface area contributed by atoms with Crippen molar-refractivity contribution < 1.29 is 18.3 Å². The van der Waals surface area contributed by atoms with Crippen molar-refractivity contribution in [1.29, 1.82) is 0 Å². The molecule has 0 unspecified atom stereocenters. The SMILES string of the molecule is CCN(CC)S(=O)(=O)c1ccc2nc(-c3ccccc3)cc(C(=O)O)c2c1. The monoisotopic (exact) mass is 384 g/mol. The Labute approximate surface area is 158 Å². The molecule has 1 heterocycles. The van der Waals surface area contributed by atoms with E-state index in [1.807, 2.05) is 30.3 Å². The Bertz CT molecular complexity index is 1090. The van der Waals surface area contributed by atoms with Crippen molar-refractivity contribution in [2.24, 2.45) is 0 Å². The molecule has 140 valence electrons. The van der Waals surface area contributed by atoms with Gasteiger partial charge in [-0.15, -0.1) is 0 Å². The van der Waals surface area contributed by atoms with Crippen LogP contribution in [-0.4, -0.2) is 41.9 Å². The second-order valence-corrected chi connectivity index (χ2v) is 7.93. The molecule has 6 nitrogen and oxygen atoms in total. The van der Waals surface area contributed by atoms with Crippen molar-refractivity contribution in [3.05, 3.63) is 60.2 Å². The van der Waals surface area contributed by atoms with Gasteiger partial charge in [-0.2, -0.15) is 4.31 Å². The van der Waals surface area contributed by atoms with E-state index < -0.39 is 16.0 Å². The second-order valence-electron chi connectivity index (χ2n) is 5.99. The van der Waals surface area contributed by atoms with E-state index in [1.54, 1.807) is 19.9 Å². The maximum Gasteiger partial charge on any atom is 0.336 e. The van der Waals surface area contributed by atoms with Gasteiger partial charge in [0, 0.05) is 24.0 Å². The van der Waals surface area contributed by atoms with Crippen molar-refractivity contribution in [3.8, 4) is 11.3 Å². The number of nitrogens with zero attached hydrogens (tertiary/aromatic N) is 2. The lowest BCUT2D eigenvalue weighted by molar-refractivity contribution is 0.0699. The number of benzene rings is 2. The highest BCUT2D eigenvalue weighted by Gasteiger charge is 2.23. The van der Waals surface area contributed by atoms with Crippen LogP contribution < -0.4 is 0 Å². The van der Waals surface area contributed by atoms with Crippen LogP contribution in [0.4, 0.5) is 0 Å². The summed E-state index contributed by atoms with van der Waals surface area (Å²) in [4.78, 5) is 16.4. The van der Waals surface area contributed by atoms with Crippen LogP contribution in [0.25, 0.3) is 22.2 Å². The maximum atomic E-state index is 12.8.